The Morgan fingerprint density at radius 1 is 1.24 bits per heavy atom. The molecule has 1 atom stereocenters. The van der Waals surface area contributed by atoms with E-state index in [4.69, 9.17) is 10.8 Å². The number of hydrogen-bond donors (Lipinski definition) is 1. The van der Waals surface area contributed by atoms with E-state index in [1.807, 2.05) is 0 Å². The Morgan fingerprint density at radius 3 is 2.76 bits per heavy atom. The molecule has 3 aromatic heterocycles. The Bertz CT molecular complexity index is 677. The van der Waals surface area contributed by atoms with E-state index in [1.165, 1.54) is 14.3 Å². The zero-order valence-electron chi connectivity index (χ0n) is 12.5. The van der Waals surface area contributed by atoms with Crippen molar-refractivity contribution in [2.24, 2.45) is 5.73 Å². The molecule has 3 aromatic rings. The van der Waals surface area contributed by atoms with E-state index in [-0.39, 0.29) is 6.04 Å². The second kappa shape index (κ2) is 6.30. The van der Waals surface area contributed by atoms with Crippen LogP contribution in [-0.4, -0.2) is 9.78 Å². The van der Waals surface area contributed by atoms with Crippen LogP contribution in [0.2, 0.25) is 0 Å². The maximum atomic E-state index is 6.37. The standard InChI is InChI=1S/C16H21N3S2/c1-3-12(4-2)19-7-5-11(18-19)9-13(17)15-10-16-14(21-15)6-8-20-16/h5-8,10,12-13H,3-4,9,17H2,1-2H3. The molecule has 2 N–H and O–H groups in total. The number of nitrogens with two attached hydrogens (primary N) is 1. The first-order valence-corrected chi connectivity index (χ1v) is 9.17. The van der Waals surface area contributed by atoms with Crippen LogP contribution in [0.15, 0.2) is 29.8 Å². The van der Waals surface area contributed by atoms with Gasteiger partial charge in [0.25, 0.3) is 0 Å². The summed E-state index contributed by atoms with van der Waals surface area (Å²) >= 11 is 3.59. The van der Waals surface area contributed by atoms with Crippen molar-refractivity contribution in [3.05, 3.63) is 40.3 Å². The van der Waals surface area contributed by atoms with Crippen molar-refractivity contribution in [1.29, 1.82) is 0 Å². The molecule has 0 aliphatic carbocycles. The minimum Gasteiger partial charge on any atom is -0.323 e. The maximum Gasteiger partial charge on any atom is 0.0643 e. The van der Waals surface area contributed by atoms with Crippen LogP contribution in [-0.2, 0) is 6.42 Å². The molecule has 3 nitrogen and oxygen atoms in total. The van der Waals surface area contributed by atoms with E-state index in [0.717, 1.165) is 25.0 Å². The van der Waals surface area contributed by atoms with Crippen LogP contribution in [0, 0.1) is 0 Å². The lowest BCUT2D eigenvalue weighted by Gasteiger charge is -2.12. The van der Waals surface area contributed by atoms with Gasteiger partial charge in [-0.3, -0.25) is 4.68 Å². The van der Waals surface area contributed by atoms with Gasteiger partial charge in [0.15, 0.2) is 0 Å². The van der Waals surface area contributed by atoms with Crippen molar-refractivity contribution < 1.29 is 0 Å². The number of thiophene rings is 2. The van der Waals surface area contributed by atoms with Gasteiger partial charge in [0.05, 0.1) is 11.7 Å². The van der Waals surface area contributed by atoms with E-state index >= 15 is 0 Å². The number of nitrogens with zero attached hydrogens (tertiary/aromatic N) is 2. The summed E-state index contributed by atoms with van der Waals surface area (Å²) in [5.41, 5.74) is 7.46. The van der Waals surface area contributed by atoms with Crippen molar-refractivity contribution in [1.82, 2.24) is 9.78 Å². The molecule has 0 aromatic carbocycles. The first-order valence-electron chi connectivity index (χ1n) is 7.47. The highest BCUT2D eigenvalue weighted by molar-refractivity contribution is 7.26. The molecular formula is C16H21N3S2. The van der Waals surface area contributed by atoms with Crippen molar-refractivity contribution in [2.45, 2.75) is 45.2 Å². The first kappa shape index (κ1) is 14.8. The molecule has 0 saturated heterocycles. The van der Waals surface area contributed by atoms with Crippen LogP contribution in [0.4, 0.5) is 0 Å². The van der Waals surface area contributed by atoms with E-state index in [2.05, 4.69) is 48.3 Å². The van der Waals surface area contributed by atoms with E-state index < -0.39 is 0 Å². The molecule has 0 spiro atoms. The molecule has 0 fully saturated rings. The third-order valence-corrected chi connectivity index (χ3v) is 6.16. The molecule has 5 heteroatoms. The second-order valence-electron chi connectivity index (χ2n) is 5.37. The van der Waals surface area contributed by atoms with Gasteiger partial charge in [-0.2, -0.15) is 5.10 Å². The van der Waals surface area contributed by atoms with E-state index in [9.17, 15) is 0 Å². The van der Waals surface area contributed by atoms with Gasteiger partial charge >= 0.3 is 0 Å². The number of rotatable bonds is 6. The van der Waals surface area contributed by atoms with Crippen LogP contribution < -0.4 is 5.73 Å². The first-order chi connectivity index (χ1) is 10.2. The molecule has 0 radical (unpaired) electrons. The van der Waals surface area contributed by atoms with Crippen molar-refractivity contribution in [3.63, 3.8) is 0 Å². The molecule has 3 rings (SSSR count). The predicted molar refractivity (Wildman–Crippen MR) is 92.2 cm³/mol. The van der Waals surface area contributed by atoms with E-state index in [1.54, 1.807) is 22.7 Å². The zero-order valence-corrected chi connectivity index (χ0v) is 14.1. The zero-order chi connectivity index (χ0) is 14.8. The fourth-order valence-electron chi connectivity index (χ4n) is 2.65. The maximum absolute atomic E-state index is 6.37. The Hall–Kier alpha value is -1.17. The quantitative estimate of drug-likeness (QED) is 0.711. The molecular weight excluding hydrogens is 298 g/mol. The second-order valence-corrected chi connectivity index (χ2v) is 7.43. The Kier molecular flexibility index (Phi) is 4.42. The Labute approximate surface area is 133 Å². The van der Waals surface area contributed by atoms with E-state index in [0.29, 0.717) is 6.04 Å². The molecule has 112 valence electrons. The summed E-state index contributed by atoms with van der Waals surface area (Å²) in [7, 11) is 0. The van der Waals surface area contributed by atoms with Gasteiger partial charge < -0.3 is 5.73 Å². The van der Waals surface area contributed by atoms with Gasteiger partial charge in [-0.05, 0) is 36.4 Å². The monoisotopic (exact) mass is 319 g/mol. The van der Waals surface area contributed by atoms with Gasteiger partial charge in [0, 0.05) is 32.9 Å². The van der Waals surface area contributed by atoms with Crippen molar-refractivity contribution in [2.75, 3.05) is 0 Å². The molecule has 3 heterocycles. The third kappa shape index (κ3) is 3.05. The largest absolute Gasteiger partial charge is 0.323 e. The van der Waals surface area contributed by atoms with Gasteiger partial charge in [-0.25, -0.2) is 0 Å². The molecule has 21 heavy (non-hydrogen) atoms. The summed E-state index contributed by atoms with van der Waals surface area (Å²) in [6.07, 6.45) is 5.13. The van der Waals surface area contributed by atoms with Gasteiger partial charge in [0.2, 0.25) is 0 Å². The average Bonchev–Trinajstić information content (AvgIpc) is 3.15. The summed E-state index contributed by atoms with van der Waals surface area (Å²) in [6, 6.07) is 7.05. The van der Waals surface area contributed by atoms with Gasteiger partial charge in [0.1, 0.15) is 0 Å². The molecule has 0 amide bonds. The third-order valence-electron chi connectivity index (χ3n) is 3.93. The topological polar surface area (TPSA) is 43.8 Å². The molecule has 0 bridgehead atoms. The predicted octanol–water partition coefficient (Wildman–Crippen LogP) is 4.76. The summed E-state index contributed by atoms with van der Waals surface area (Å²) < 4.78 is 4.77. The van der Waals surface area contributed by atoms with Crippen LogP contribution in [0.5, 0.6) is 0 Å². The number of fused-ring (bicyclic) bond motifs is 1. The lowest BCUT2D eigenvalue weighted by atomic mass is 10.1. The summed E-state index contributed by atoms with van der Waals surface area (Å²) in [6.45, 7) is 4.42. The minimum absolute atomic E-state index is 0.0413. The fourth-order valence-corrected chi connectivity index (χ4v) is 4.77. The summed E-state index contributed by atoms with van der Waals surface area (Å²) in [4.78, 5) is 1.26. The average molecular weight is 319 g/mol. The lowest BCUT2D eigenvalue weighted by Crippen LogP contribution is -2.13. The lowest BCUT2D eigenvalue weighted by molar-refractivity contribution is 0.424. The fraction of sp³-hybridized carbons (Fsp3) is 0.438. The van der Waals surface area contributed by atoms with Crippen LogP contribution in [0.1, 0.15) is 49.3 Å². The Morgan fingerprint density at radius 2 is 2.05 bits per heavy atom. The van der Waals surface area contributed by atoms with Crippen molar-refractivity contribution in [3.8, 4) is 0 Å². The highest BCUT2D eigenvalue weighted by Gasteiger charge is 2.14. The normalized spacial score (nSPS) is 13.3. The highest BCUT2D eigenvalue weighted by Crippen LogP contribution is 2.33. The number of aromatic nitrogens is 2. The number of hydrogen-bond acceptors (Lipinski definition) is 4. The molecule has 0 saturated carbocycles. The summed E-state index contributed by atoms with van der Waals surface area (Å²) in [5.74, 6) is 0. The highest BCUT2D eigenvalue weighted by atomic mass is 32.1. The van der Waals surface area contributed by atoms with Gasteiger partial charge in [-0.15, -0.1) is 22.7 Å². The molecule has 1 unspecified atom stereocenters. The van der Waals surface area contributed by atoms with Gasteiger partial charge in [-0.1, -0.05) is 13.8 Å². The molecule has 0 aliphatic rings. The Balaban J connectivity index is 1.72. The van der Waals surface area contributed by atoms with Crippen molar-refractivity contribution >= 4 is 32.1 Å². The van der Waals surface area contributed by atoms with Crippen LogP contribution in [0.3, 0.4) is 0 Å². The van der Waals surface area contributed by atoms with Crippen LogP contribution in [0.25, 0.3) is 9.40 Å². The van der Waals surface area contributed by atoms with Crippen LogP contribution >= 0.6 is 22.7 Å². The molecule has 0 aliphatic heterocycles. The smallest absolute Gasteiger partial charge is 0.0643 e. The summed E-state index contributed by atoms with van der Waals surface area (Å²) in [5, 5.41) is 6.84. The SMILES string of the molecule is CCC(CC)n1ccc(CC(N)c2cc3sccc3s2)n1. The minimum atomic E-state index is 0.0413.